The fourth-order valence-corrected chi connectivity index (χ4v) is 0.193. The number of ether oxygens (including phenoxy) is 1. The van der Waals surface area contributed by atoms with E-state index in [1.54, 1.807) is 0 Å². The van der Waals surface area contributed by atoms with Crippen LogP contribution in [0.4, 0.5) is 0 Å². The number of carboxylic acids is 1. The molecule has 0 atom stereocenters. The van der Waals surface area contributed by atoms with Gasteiger partial charge in [-0.15, -0.1) is 6.42 Å². The quantitative estimate of drug-likeness (QED) is 0.223. The molecule has 0 aliphatic carbocycles. The molecule has 0 amide bonds. The molecule has 0 aliphatic heterocycles. The first-order chi connectivity index (χ1) is 3.77. The minimum atomic E-state index is -1.25. The van der Waals surface area contributed by atoms with Gasteiger partial charge in [-0.3, -0.25) is 0 Å². The van der Waals surface area contributed by atoms with Crippen molar-refractivity contribution in [1.29, 1.82) is 0 Å². The van der Waals surface area contributed by atoms with Gasteiger partial charge >= 0.3 is 29.6 Å². The monoisotopic (exact) mass is 136 g/mol. The van der Waals surface area contributed by atoms with Crippen molar-refractivity contribution in [2.75, 3.05) is 13.2 Å². The van der Waals surface area contributed by atoms with Crippen LogP contribution < -0.4 is 34.7 Å². The van der Waals surface area contributed by atoms with Gasteiger partial charge in [0, 0.05) is 0 Å². The maximum Gasteiger partial charge on any atom is 1.00 e. The van der Waals surface area contributed by atoms with Crippen LogP contribution in [0.25, 0.3) is 0 Å². The summed E-state index contributed by atoms with van der Waals surface area (Å²) in [4.78, 5) is 9.57. The van der Waals surface area contributed by atoms with Crippen LogP contribution in [-0.4, -0.2) is 19.2 Å². The molecular weight excluding hydrogens is 131 g/mol. The Kier molecular flexibility index (Phi) is 10.4. The minimum Gasteiger partial charge on any atom is -0.548 e. The van der Waals surface area contributed by atoms with Gasteiger partial charge in [-0.1, -0.05) is 5.92 Å². The van der Waals surface area contributed by atoms with Gasteiger partial charge in [-0.25, -0.2) is 0 Å². The average molecular weight is 136 g/mol. The predicted octanol–water partition coefficient (Wildman–Crippen LogP) is -4.61. The zero-order valence-electron chi connectivity index (χ0n) is 5.22. The summed E-state index contributed by atoms with van der Waals surface area (Å²) in [6.45, 7) is -0.405. The number of rotatable bonds is 3. The molecule has 4 heteroatoms. The number of terminal acetylenes is 1. The van der Waals surface area contributed by atoms with Crippen LogP contribution in [0.15, 0.2) is 0 Å². The summed E-state index contributed by atoms with van der Waals surface area (Å²) < 4.78 is 4.35. The Hall–Kier alpha value is -0.0100. The summed E-state index contributed by atoms with van der Waals surface area (Å²) in [5.74, 6) is 0.860. The Labute approximate surface area is 75.7 Å². The molecule has 0 bridgehead atoms. The Morgan fingerprint density at radius 2 is 2.33 bits per heavy atom. The Morgan fingerprint density at radius 3 is 2.67 bits per heavy atom. The maximum absolute atomic E-state index is 9.57. The molecule has 0 aliphatic rings. The summed E-state index contributed by atoms with van der Waals surface area (Å²) in [5.41, 5.74) is 0. The Balaban J connectivity index is 0. The van der Waals surface area contributed by atoms with Crippen LogP contribution in [0.1, 0.15) is 0 Å². The van der Waals surface area contributed by atoms with Crippen molar-refractivity contribution in [3.8, 4) is 12.3 Å². The van der Waals surface area contributed by atoms with Crippen molar-refractivity contribution in [3.63, 3.8) is 0 Å². The smallest absolute Gasteiger partial charge is 0.548 e. The summed E-state index contributed by atoms with van der Waals surface area (Å²) >= 11 is 0. The van der Waals surface area contributed by atoms with Crippen LogP contribution in [0.5, 0.6) is 0 Å². The molecular formula is C5H5NaO3. The third-order valence-electron chi connectivity index (χ3n) is 0.405. The molecule has 9 heavy (non-hydrogen) atoms. The van der Waals surface area contributed by atoms with E-state index in [0.717, 1.165) is 0 Å². The second-order valence-electron chi connectivity index (χ2n) is 1.07. The first-order valence-electron chi connectivity index (χ1n) is 1.98. The number of carbonyl (C=O) groups excluding carboxylic acids is 1. The predicted molar refractivity (Wildman–Crippen MR) is 24.7 cm³/mol. The molecule has 0 rings (SSSR count). The van der Waals surface area contributed by atoms with E-state index in [1.165, 1.54) is 0 Å². The van der Waals surface area contributed by atoms with Crippen LogP contribution >= 0.6 is 0 Å². The van der Waals surface area contributed by atoms with Crippen LogP contribution in [-0.2, 0) is 9.53 Å². The van der Waals surface area contributed by atoms with Gasteiger partial charge in [-0.2, -0.15) is 0 Å². The third-order valence-corrected chi connectivity index (χ3v) is 0.405. The van der Waals surface area contributed by atoms with E-state index in [9.17, 15) is 9.90 Å². The Morgan fingerprint density at radius 1 is 1.78 bits per heavy atom. The molecule has 0 unspecified atom stereocenters. The molecule has 0 aromatic heterocycles. The molecule has 0 saturated heterocycles. The minimum absolute atomic E-state index is 0. The number of carboxylic acid groups (broad SMARTS) is 1. The first-order valence-corrected chi connectivity index (χ1v) is 1.98. The van der Waals surface area contributed by atoms with Gasteiger partial charge in [-0.05, 0) is 0 Å². The molecule has 0 fully saturated rings. The van der Waals surface area contributed by atoms with Crippen LogP contribution in [0, 0.1) is 12.3 Å². The van der Waals surface area contributed by atoms with E-state index >= 15 is 0 Å². The summed E-state index contributed by atoms with van der Waals surface area (Å²) in [5, 5.41) is 9.57. The largest absolute Gasteiger partial charge is 1.00 e. The van der Waals surface area contributed by atoms with Gasteiger partial charge in [0.25, 0.3) is 0 Å². The summed E-state index contributed by atoms with van der Waals surface area (Å²) in [7, 11) is 0. The molecule has 44 valence electrons. The molecule has 3 nitrogen and oxygen atoms in total. The molecule has 0 radical (unpaired) electrons. The van der Waals surface area contributed by atoms with Gasteiger partial charge in [0.1, 0.15) is 6.61 Å². The molecule has 0 aromatic rings. The number of hydrogen-bond donors (Lipinski definition) is 0. The second kappa shape index (κ2) is 7.99. The van der Waals surface area contributed by atoms with Crippen molar-refractivity contribution in [2.24, 2.45) is 0 Å². The van der Waals surface area contributed by atoms with Crippen molar-refractivity contribution < 1.29 is 44.2 Å². The van der Waals surface area contributed by atoms with E-state index < -0.39 is 12.6 Å². The molecule has 0 saturated carbocycles. The SMILES string of the molecule is C#CCOCC(=O)[O-].[Na+]. The third kappa shape index (κ3) is 11.5. The first kappa shape index (κ1) is 11.7. The fraction of sp³-hybridized carbons (Fsp3) is 0.400. The number of aliphatic carboxylic acids is 1. The van der Waals surface area contributed by atoms with Crippen molar-refractivity contribution in [2.45, 2.75) is 0 Å². The average Bonchev–Trinajstić information content (AvgIpc) is 1.66. The van der Waals surface area contributed by atoms with Gasteiger partial charge < -0.3 is 14.6 Å². The van der Waals surface area contributed by atoms with Crippen molar-refractivity contribution >= 4 is 5.97 Å². The normalized spacial score (nSPS) is 7.00. The van der Waals surface area contributed by atoms with Gasteiger partial charge in [0.2, 0.25) is 0 Å². The van der Waals surface area contributed by atoms with E-state index in [2.05, 4.69) is 10.7 Å². The Bertz CT molecular complexity index is 116. The van der Waals surface area contributed by atoms with Crippen molar-refractivity contribution in [3.05, 3.63) is 0 Å². The standard InChI is InChI=1S/C5H6O3.Na/c1-2-3-8-4-5(6)7;/h1H,3-4H2,(H,6,7);/q;+1/p-1. The fourth-order valence-electron chi connectivity index (χ4n) is 0.193. The van der Waals surface area contributed by atoms with Crippen LogP contribution in [0.3, 0.4) is 0 Å². The zero-order valence-corrected chi connectivity index (χ0v) is 7.22. The molecule has 0 heterocycles. The van der Waals surface area contributed by atoms with Crippen LogP contribution in [0.2, 0.25) is 0 Å². The summed E-state index contributed by atoms with van der Waals surface area (Å²) in [6.07, 6.45) is 4.73. The number of hydrogen-bond acceptors (Lipinski definition) is 3. The van der Waals surface area contributed by atoms with Gasteiger partial charge in [0.05, 0.1) is 12.6 Å². The second-order valence-corrected chi connectivity index (χ2v) is 1.07. The summed E-state index contributed by atoms with van der Waals surface area (Å²) in [6, 6.07) is 0. The number of carbonyl (C=O) groups is 1. The van der Waals surface area contributed by atoms with E-state index in [4.69, 9.17) is 6.42 Å². The molecule has 0 spiro atoms. The topological polar surface area (TPSA) is 49.4 Å². The van der Waals surface area contributed by atoms with E-state index in [0.29, 0.717) is 0 Å². The van der Waals surface area contributed by atoms with Crippen molar-refractivity contribution in [1.82, 2.24) is 0 Å². The van der Waals surface area contributed by atoms with E-state index in [1.807, 2.05) is 0 Å². The van der Waals surface area contributed by atoms with E-state index in [-0.39, 0.29) is 36.2 Å². The zero-order chi connectivity index (χ0) is 6.41. The van der Waals surface area contributed by atoms with Gasteiger partial charge in [0.15, 0.2) is 0 Å². The molecule has 0 aromatic carbocycles. The maximum atomic E-state index is 9.57. The molecule has 0 N–H and O–H groups in total.